The van der Waals surface area contributed by atoms with Gasteiger partial charge in [-0.1, -0.05) is 25.4 Å². The van der Waals surface area contributed by atoms with Crippen molar-refractivity contribution in [3.8, 4) is 0 Å². The van der Waals surface area contributed by atoms with Crippen molar-refractivity contribution in [1.82, 2.24) is 9.97 Å². The molecule has 3 nitrogen and oxygen atoms in total. The summed E-state index contributed by atoms with van der Waals surface area (Å²) < 4.78 is 0. The first kappa shape index (κ1) is 13.6. The van der Waals surface area contributed by atoms with Crippen LogP contribution in [0, 0.1) is 5.92 Å². The highest BCUT2D eigenvalue weighted by molar-refractivity contribution is 6.29. The highest BCUT2D eigenvalue weighted by Gasteiger charge is 2.24. The van der Waals surface area contributed by atoms with Gasteiger partial charge in [0.25, 0.3) is 0 Å². The first-order chi connectivity index (χ1) is 8.60. The molecule has 2 rings (SSSR count). The number of hydrogen-bond acceptors (Lipinski definition) is 3. The van der Waals surface area contributed by atoms with Crippen LogP contribution in [0.4, 0.5) is 5.82 Å². The molecule has 0 aliphatic carbocycles. The summed E-state index contributed by atoms with van der Waals surface area (Å²) in [7, 11) is 0. The van der Waals surface area contributed by atoms with E-state index in [1.165, 1.54) is 12.8 Å². The lowest BCUT2D eigenvalue weighted by Gasteiger charge is -2.37. The fraction of sp³-hybridized carbons (Fsp3) is 0.714. The van der Waals surface area contributed by atoms with Gasteiger partial charge in [0.05, 0.1) is 0 Å². The number of aromatic nitrogens is 2. The normalized spacial score (nSPS) is 24.3. The fourth-order valence-corrected chi connectivity index (χ4v) is 2.74. The zero-order valence-electron chi connectivity index (χ0n) is 11.5. The highest BCUT2D eigenvalue weighted by atomic mass is 35.5. The van der Waals surface area contributed by atoms with Gasteiger partial charge in [0.2, 0.25) is 0 Å². The Bertz CT molecular complexity index is 408. The second-order valence-electron chi connectivity index (χ2n) is 5.40. The summed E-state index contributed by atoms with van der Waals surface area (Å²) in [6.45, 7) is 7.77. The zero-order chi connectivity index (χ0) is 13.1. The fourth-order valence-electron chi connectivity index (χ4n) is 2.54. The van der Waals surface area contributed by atoms with Gasteiger partial charge in [-0.05, 0) is 32.1 Å². The van der Waals surface area contributed by atoms with Crippen molar-refractivity contribution >= 4 is 17.4 Å². The first-order valence-corrected chi connectivity index (χ1v) is 7.28. The summed E-state index contributed by atoms with van der Waals surface area (Å²) >= 11 is 6.11. The average molecular weight is 268 g/mol. The predicted octanol–water partition coefficient (Wildman–Crippen LogP) is 3.71. The topological polar surface area (TPSA) is 29.0 Å². The third-order valence-electron chi connectivity index (χ3n) is 3.61. The van der Waals surface area contributed by atoms with Crippen LogP contribution in [-0.2, 0) is 6.42 Å². The second kappa shape index (κ2) is 5.87. The average Bonchev–Trinajstić information content (AvgIpc) is 2.32. The summed E-state index contributed by atoms with van der Waals surface area (Å²) in [5.41, 5.74) is 0. The lowest BCUT2D eigenvalue weighted by atomic mass is 9.95. The minimum Gasteiger partial charge on any atom is -0.353 e. The molecule has 0 N–H and O–H groups in total. The van der Waals surface area contributed by atoms with Gasteiger partial charge in [0.1, 0.15) is 16.8 Å². The quantitative estimate of drug-likeness (QED) is 0.782. The molecule has 0 spiro atoms. The van der Waals surface area contributed by atoms with Gasteiger partial charge >= 0.3 is 0 Å². The van der Waals surface area contributed by atoms with Crippen molar-refractivity contribution in [1.29, 1.82) is 0 Å². The minimum atomic E-state index is 0.543. The van der Waals surface area contributed by atoms with Crippen LogP contribution >= 0.6 is 11.6 Å². The molecule has 1 fully saturated rings. The van der Waals surface area contributed by atoms with Gasteiger partial charge < -0.3 is 4.90 Å². The van der Waals surface area contributed by atoms with Crippen molar-refractivity contribution < 1.29 is 0 Å². The Morgan fingerprint density at radius 1 is 1.33 bits per heavy atom. The van der Waals surface area contributed by atoms with Gasteiger partial charge in [0, 0.05) is 25.1 Å². The molecule has 0 bridgehead atoms. The largest absolute Gasteiger partial charge is 0.353 e. The van der Waals surface area contributed by atoms with Crippen LogP contribution in [0.1, 0.15) is 45.9 Å². The summed E-state index contributed by atoms with van der Waals surface area (Å²) in [6, 6.07) is 2.44. The molecular formula is C14H22ClN3. The van der Waals surface area contributed by atoms with E-state index < -0.39 is 0 Å². The number of anilines is 1. The molecule has 1 aliphatic rings. The monoisotopic (exact) mass is 267 g/mol. The molecule has 2 heterocycles. The second-order valence-corrected chi connectivity index (χ2v) is 5.79. The smallest absolute Gasteiger partial charge is 0.134 e. The molecular weight excluding hydrogens is 246 g/mol. The van der Waals surface area contributed by atoms with Crippen molar-refractivity contribution in [2.24, 2.45) is 5.92 Å². The summed E-state index contributed by atoms with van der Waals surface area (Å²) in [5.74, 6) is 2.59. The lowest BCUT2D eigenvalue weighted by molar-refractivity contribution is 0.387. The van der Waals surface area contributed by atoms with Crippen LogP contribution in [0.15, 0.2) is 6.07 Å². The van der Waals surface area contributed by atoms with Crippen LogP contribution in [-0.4, -0.2) is 22.6 Å². The predicted molar refractivity (Wildman–Crippen MR) is 76.2 cm³/mol. The number of nitrogens with zero attached hydrogens (tertiary/aromatic N) is 3. The first-order valence-electron chi connectivity index (χ1n) is 6.90. The third-order valence-corrected chi connectivity index (χ3v) is 3.81. The van der Waals surface area contributed by atoms with Crippen molar-refractivity contribution in [2.45, 2.75) is 52.5 Å². The minimum absolute atomic E-state index is 0.543. The van der Waals surface area contributed by atoms with Gasteiger partial charge in [-0.2, -0.15) is 0 Å². The maximum absolute atomic E-state index is 6.11. The molecule has 2 atom stereocenters. The van der Waals surface area contributed by atoms with Crippen LogP contribution in [0.25, 0.3) is 0 Å². The van der Waals surface area contributed by atoms with Gasteiger partial charge in [-0.25, -0.2) is 9.97 Å². The number of aryl methyl sites for hydroxylation is 1. The van der Waals surface area contributed by atoms with Crippen LogP contribution in [0.2, 0.25) is 5.15 Å². The van der Waals surface area contributed by atoms with Crippen molar-refractivity contribution in [3.05, 3.63) is 17.0 Å². The lowest BCUT2D eigenvalue weighted by Crippen LogP contribution is -2.41. The molecule has 2 unspecified atom stereocenters. The molecule has 1 saturated heterocycles. The van der Waals surface area contributed by atoms with E-state index in [1.807, 2.05) is 6.07 Å². The Kier molecular flexibility index (Phi) is 4.44. The van der Waals surface area contributed by atoms with Crippen LogP contribution in [0.3, 0.4) is 0 Å². The number of piperidine rings is 1. The van der Waals surface area contributed by atoms with E-state index in [2.05, 4.69) is 35.6 Å². The Morgan fingerprint density at radius 2 is 2.11 bits per heavy atom. The molecule has 18 heavy (non-hydrogen) atoms. The van der Waals surface area contributed by atoms with E-state index in [0.717, 1.165) is 36.9 Å². The maximum Gasteiger partial charge on any atom is 0.134 e. The Morgan fingerprint density at radius 3 is 2.83 bits per heavy atom. The molecule has 100 valence electrons. The summed E-state index contributed by atoms with van der Waals surface area (Å²) in [4.78, 5) is 11.3. The van der Waals surface area contributed by atoms with E-state index in [9.17, 15) is 0 Å². The van der Waals surface area contributed by atoms with Gasteiger partial charge in [-0.3, -0.25) is 0 Å². The summed E-state index contributed by atoms with van der Waals surface area (Å²) in [5, 5.41) is 0.564. The molecule has 0 radical (unpaired) electrons. The molecule has 1 aliphatic heterocycles. The van der Waals surface area contributed by atoms with E-state index in [-0.39, 0.29) is 0 Å². The molecule has 0 saturated carbocycles. The van der Waals surface area contributed by atoms with Gasteiger partial charge in [-0.15, -0.1) is 0 Å². The van der Waals surface area contributed by atoms with E-state index >= 15 is 0 Å². The Labute approximate surface area is 115 Å². The standard InChI is InChI=1S/C14H22ClN3/c1-4-5-13-16-12(15)8-14(17-13)18-9-10(2)6-7-11(18)3/h8,10-11H,4-7,9H2,1-3H3. The van der Waals surface area contributed by atoms with Crippen LogP contribution < -0.4 is 4.90 Å². The third kappa shape index (κ3) is 3.14. The molecule has 0 aromatic carbocycles. The number of hydrogen-bond donors (Lipinski definition) is 0. The van der Waals surface area contributed by atoms with Crippen molar-refractivity contribution in [3.63, 3.8) is 0 Å². The van der Waals surface area contributed by atoms with E-state index in [0.29, 0.717) is 11.2 Å². The summed E-state index contributed by atoms with van der Waals surface area (Å²) in [6.07, 6.45) is 4.47. The van der Waals surface area contributed by atoms with E-state index in [1.54, 1.807) is 0 Å². The molecule has 1 aromatic heterocycles. The Balaban J connectivity index is 2.25. The maximum atomic E-state index is 6.11. The molecule has 4 heteroatoms. The van der Waals surface area contributed by atoms with Crippen molar-refractivity contribution in [2.75, 3.05) is 11.4 Å². The molecule has 1 aromatic rings. The van der Waals surface area contributed by atoms with Crippen LogP contribution in [0.5, 0.6) is 0 Å². The zero-order valence-corrected chi connectivity index (χ0v) is 12.2. The number of rotatable bonds is 3. The van der Waals surface area contributed by atoms with E-state index in [4.69, 9.17) is 11.6 Å². The SMILES string of the molecule is CCCc1nc(Cl)cc(N2CC(C)CCC2C)n1. The number of halogens is 1. The molecule has 0 amide bonds. The Hall–Kier alpha value is -0.830. The van der Waals surface area contributed by atoms with Gasteiger partial charge in [0.15, 0.2) is 0 Å². The highest BCUT2D eigenvalue weighted by Crippen LogP contribution is 2.27.